The fourth-order valence-electron chi connectivity index (χ4n) is 5.37. The van der Waals surface area contributed by atoms with Crippen LogP contribution in [-0.2, 0) is 25.5 Å². The quantitative estimate of drug-likeness (QED) is 0.302. The number of likely N-dealkylation sites (N-methyl/N-ethyl adjacent to an activating group) is 2. The van der Waals surface area contributed by atoms with E-state index in [4.69, 9.17) is 9.73 Å². The zero-order valence-corrected chi connectivity index (χ0v) is 24.7. The SMILES string of the molecule is COC(=O)CCc1cccc(C(=Nc2ccc(N(C)C(=O)CN3CCN(C)CC3)cc2)C2C(=O)Nc3cc(F)ccc32)c1. The fourth-order valence-corrected chi connectivity index (χ4v) is 5.37. The Kier molecular flexibility index (Phi) is 9.27. The molecule has 0 saturated carbocycles. The molecule has 0 spiro atoms. The first-order chi connectivity index (χ1) is 20.7. The standard InChI is InChI=1S/C33H36FN5O4/c1-37-15-17-39(18-16-37)21-29(40)38(2)26-11-9-25(10-12-26)35-32(23-6-4-5-22(19-23)7-14-30(41)43-3)31-27-13-8-24(34)20-28(27)36-33(31)42/h4-6,8-13,19-20,31H,7,14-18,21H2,1-3H3,(H,36,42). The van der Waals surface area contributed by atoms with Crippen molar-refractivity contribution in [2.24, 2.45) is 4.99 Å². The van der Waals surface area contributed by atoms with Crippen LogP contribution in [0, 0.1) is 5.82 Å². The van der Waals surface area contributed by atoms with Crippen LogP contribution in [0.1, 0.15) is 29.0 Å². The normalized spacial score (nSPS) is 17.3. The number of carbonyl (C=O) groups excluding carboxylic acids is 3. The second kappa shape index (κ2) is 13.3. The zero-order valence-electron chi connectivity index (χ0n) is 24.7. The molecular weight excluding hydrogens is 549 g/mol. The van der Waals surface area contributed by atoms with Crippen molar-refractivity contribution in [3.8, 4) is 0 Å². The number of rotatable bonds is 9. The first-order valence-corrected chi connectivity index (χ1v) is 14.3. The number of methoxy groups -OCH3 is 1. The second-order valence-corrected chi connectivity index (χ2v) is 11.0. The smallest absolute Gasteiger partial charge is 0.305 e. The van der Waals surface area contributed by atoms with Gasteiger partial charge in [0.1, 0.15) is 11.7 Å². The number of nitrogens with zero attached hydrogens (tertiary/aromatic N) is 4. The van der Waals surface area contributed by atoms with Crippen molar-refractivity contribution < 1.29 is 23.5 Å². The average Bonchev–Trinajstić information content (AvgIpc) is 3.34. The summed E-state index contributed by atoms with van der Waals surface area (Å²) in [6, 6.07) is 19.1. The Bertz CT molecular complexity index is 1530. The largest absolute Gasteiger partial charge is 0.469 e. The van der Waals surface area contributed by atoms with E-state index < -0.39 is 11.7 Å². The van der Waals surface area contributed by atoms with Crippen molar-refractivity contribution in [1.29, 1.82) is 0 Å². The summed E-state index contributed by atoms with van der Waals surface area (Å²) < 4.78 is 18.8. The first-order valence-electron chi connectivity index (χ1n) is 14.3. The Morgan fingerprint density at radius 3 is 2.51 bits per heavy atom. The Morgan fingerprint density at radius 1 is 1.05 bits per heavy atom. The number of aliphatic imine (C=N–C) groups is 1. The van der Waals surface area contributed by atoms with Gasteiger partial charge in [0.15, 0.2) is 0 Å². The van der Waals surface area contributed by atoms with E-state index in [0.717, 1.165) is 37.4 Å². The molecule has 3 aromatic rings. The number of hydrogen-bond donors (Lipinski definition) is 1. The summed E-state index contributed by atoms with van der Waals surface area (Å²) in [5, 5.41) is 2.79. The number of anilines is 2. The van der Waals surface area contributed by atoms with Crippen LogP contribution in [0.15, 0.2) is 71.7 Å². The fraction of sp³-hybridized carbons (Fsp3) is 0.333. The van der Waals surface area contributed by atoms with Crippen molar-refractivity contribution in [2.75, 3.05) is 64.1 Å². The Balaban J connectivity index is 1.43. The molecule has 1 unspecified atom stereocenters. The highest BCUT2D eigenvalue weighted by Gasteiger charge is 2.35. The van der Waals surface area contributed by atoms with Crippen LogP contribution in [0.4, 0.5) is 21.5 Å². The van der Waals surface area contributed by atoms with E-state index in [1.165, 1.54) is 19.2 Å². The summed E-state index contributed by atoms with van der Waals surface area (Å²) >= 11 is 0. The lowest BCUT2D eigenvalue weighted by molar-refractivity contribution is -0.140. The molecule has 2 amide bonds. The van der Waals surface area contributed by atoms with Crippen LogP contribution in [-0.4, -0.2) is 87.2 Å². The van der Waals surface area contributed by atoms with Gasteiger partial charge in [0.25, 0.3) is 0 Å². The maximum absolute atomic E-state index is 14.0. The van der Waals surface area contributed by atoms with Gasteiger partial charge in [-0.25, -0.2) is 4.39 Å². The molecule has 10 heteroatoms. The van der Waals surface area contributed by atoms with Crippen LogP contribution in [0.5, 0.6) is 0 Å². The van der Waals surface area contributed by atoms with Gasteiger partial charge < -0.3 is 19.9 Å². The molecule has 0 aliphatic carbocycles. The van der Waals surface area contributed by atoms with E-state index in [1.807, 2.05) is 48.5 Å². The lowest BCUT2D eigenvalue weighted by Gasteiger charge is -2.32. The second-order valence-electron chi connectivity index (χ2n) is 11.0. The molecule has 2 aliphatic heterocycles. The van der Waals surface area contributed by atoms with Crippen molar-refractivity contribution >= 4 is 40.6 Å². The molecule has 0 aromatic heterocycles. The van der Waals surface area contributed by atoms with Crippen LogP contribution in [0.3, 0.4) is 0 Å². The Hall–Kier alpha value is -4.41. The molecule has 2 heterocycles. The Labute approximate surface area is 250 Å². The number of esters is 1. The van der Waals surface area contributed by atoms with E-state index in [1.54, 1.807) is 18.0 Å². The van der Waals surface area contributed by atoms with Gasteiger partial charge in [-0.2, -0.15) is 0 Å². The van der Waals surface area contributed by atoms with Crippen LogP contribution in [0.25, 0.3) is 0 Å². The molecule has 3 aromatic carbocycles. The molecule has 0 radical (unpaired) electrons. The highest BCUT2D eigenvalue weighted by atomic mass is 19.1. The van der Waals surface area contributed by atoms with E-state index in [0.29, 0.717) is 41.2 Å². The van der Waals surface area contributed by atoms with Gasteiger partial charge in [-0.15, -0.1) is 0 Å². The minimum absolute atomic E-state index is 0.0109. The summed E-state index contributed by atoms with van der Waals surface area (Å²) in [7, 11) is 5.20. The number of halogens is 1. The number of amides is 2. The minimum Gasteiger partial charge on any atom is -0.469 e. The van der Waals surface area contributed by atoms with Gasteiger partial charge in [0.2, 0.25) is 11.8 Å². The number of hydrogen-bond acceptors (Lipinski definition) is 7. The summed E-state index contributed by atoms with van der Waals surface area (Å²) in [5.74, 6) is -1.80. The predicted octanol–water partition coefficient (Wildman–Crippen LogP) is 4.00. The summed E-state index contributed by atoms with van der Waals surface area (Å²) in [6.07, 6.45) is 0.691. The van der Waals surface area contributed by atoms with Crippen molar-refractivity contribution in [2.45, 2.75) is 18.8 Å². The molecule has 1 N–H and O–H groups in total. The van der Waals surface area contributed by atoms with E-state index >= 15 is 0 Å². The molecule has 2 aliphatic rings. The topological polar surface area (TPSA) is 94.6 Å². The number of nitrogens with one attached hydrogen (secondary N) is 1. The molecular formula is C33H36FN5O4. The number of piperazine rings is 1. The zero-order chi connectivity index (χ0) is 30.5. The lowest BCUT2D eigenvalue weighted by atomic mass is 9.89. The molecule has 9 nitrogen and oxygen atoms in total. The van der Waals surface area contributed by atoms with E-state index in [9.17, 15) is 18.8 Å². The Morgan fingerprint density at radius 2 is 1.79 bits per heavy atom. The molecule has 43 heavy (non-hydrogen) atoms. The van der Waals surface area contributed by atoms with Gasteiger partial charge in [-0.05, 0) is 72.6 Å². The lowest BCUT2D eigenvalue weighted by Crippen LogP contribution is -2.48. The maximum atomic E-state index is 14.0. The van der Waals surface area contributed by atoms with Crippen LogP contribution < -0.4 is 10.2 Å². The predicted molar refractivity (Wildman–Crippen MR) is 165 cm³/mol. The summed E-state index contributed by atoms with van der Waals surface area (Å²) in [5.41, 5.74) is 4.49. The molecule has 224 valence electrons. The maximum Gasteiger partial charge on any atom is 0.305 e. The van der Waals surface area contributed by atoms with Gasteiger partial charge >= 0.3 is 5.97 Å². The minimum atomic E-state index is -0.765. The van der Waals surface area contributed by atoms with Crippen molar-refractivity contribution in [3.05, 3.63) is 89.2 Å². The average molecular weight is 586 g/mol. The van der Waals surface area contributed by atoms with Gasteiger partial charge in [-0.1, -0.05) is 24.3 Å². The third-order valence-electron chi connectivity index (χ3n) is 8.00. The number of aryl methyl sites for hydroxylation is 1. The number of ether oxygens (including phenoxy) is 1. The molecule has 1 atom stereocenters. The number of carbonyl (C=O) groups is 3. The van der Waals surface area contributed by atoms with Crippen LogP contribution in [0.2, 0.25) is 0 Å². The van der Waals surface area contributed by atoms with Gasteiger partial charge in [0, 0.05) is 51.0 Å². The molecule has 0 bridgehead atoms. The van der Waals surface area contributed by atoms with E-state index in [2.05, 4.69) is 22.2 Å². The first kappa shape index (κ1) is 30.1. The molecule has 1 fully saturated rings. The van der Waals surface area contributed by atoms with Gasteiger partial charge in [0.05, 0.1) is 25.1 Å². The summed E-state index contributed by atoms with van der Waals surface area (Å²) in [6.45, 7) is 3.97. The molecule has 5 rings (SSSR count). The third kappa shape index (κ3) is 7.15. The summed E-state index contributed by atoms with van der Waals surface area (Å²) in [4.78, 5) is 49.0. The number of benzene rings is 3. The van der Waals surface area contributed by atoms with E-state index in [-0.39, 0.29) is 24.2 Å². The highest BCUT2D eigenvalue weighted by Crippen LogP contribution is 2.37. The van der Waals surface area contributed by atoms with Crippen LogP contribution >= 0.6 is 0 Å². The monoisotopic (exact) mass is 585 g/mol. The number of fused-ring (bicyclic) bond motifs is 1. The highest BCUT2D eigenvalue weighted by molar-refractivity contribution is 6.24. The van der Waals surface area contributed by atoms with Crippen molar-refractivity contribution in [1.82, 2.24) is 9.80 Å². The molecule has 1 saturated heterocycles. The third-order valence-corrected chi connectivity index (χ3v) is 8.00. The van der Waals surface area contributed by atoms with Crippen molar-refractivity contribution in [3.63, 3.8) is 0 Å². The van der Waals surface area contributed by atoms with Gasteiger partial charge in [-0.3, -0.25) is 24.3 Å².